The Hall–Kier alpha value is -2.35. The number of hydroxylamine groups is 1. The average molecular weight is 422 g/mol. The molecule has 0 fully saturated rings. The van der Waals surface area contributed by atoms with Gasteiger partial charge in [0.05, 0.1) is 0 Å². The molecule has 1 amide bonds. The van der Waals surface area contributed by atoms with Gasteiger partial charge in [0.2, 0.25) is 0 Å². The zero-order valence-electron chi connectivity index (χ0n) is 13.9. The van der Waals surface area contributed by atoms with Gasteiger partial charge >= 0.3 is 0 Å². The largest absolute Gasteiger partial charge is 0.508 e. The molecule has 2 atom stereocenters. The number of aliphatic hydroxyl groups excluding tert-OH is 1. The first kappa shape index (κ1) is 20.0. The molecule has 0 bridgehead atoms. The van der Waals surface area contributed by atoms with Crippen LogP contribution in [-0.4, -0.2) is 27.4 Å². The summed E-state index contributed by atoms with van der Waals surface area (Å²) in [5, 5.41) is 29.3. The predicted molar refractivity (Wildman–Crippen MR) is 99.9 cm³/mol. The van der Waals surface area contributed by atoms with E-state index in [2.05, 4.69) is 15.9 Å². The minimum atomic E-state index is -1.08. The Morgan fingerprint density at radius 2 is 1.96 bits per heavy atom. The van der Waals surface area contributed by atoms with E-state index in [0.29, 0.717) is 24.2 Å². The Bertz CT molecular complexity index is 751. The van der Waals surface area contributed by atoms with Crippen molar-refractivity contribution in [1.29, 1.82) is 0 Å². The summed E-state index contributed by atoms with van der Waals surface area (Å²) in [6.45, 7) is 0. The van der Waals surface area contributed by atoms with Crippen LogP contribution in [0.25, 0.3) is 0 Å². The van der Waals surface area contributed by atoms with Crippen molar-refractivity contribution < 1.29 is 25.0 Å². The van der Waals surface area contributed by atoms with Crippen molar-refractivity contribution in [2.75, 3.05) is 0 Å². The minimum absolute atomic E-state index is 0.0300. The molecule has 7 heteroatoms. The molecule has 0 aliphatic heterocycles. The maximum absolute atomic E-state index is 11.0. The monoisotopic (exact) mass is 421 g/mol. The average Bonchev–Trinajstić information content (AvgIpc) is 2.66. The van der Waals surface area contributed by atoms with Crippen LogP contribution in [0.3, 0.4) is 0 Å². The summed E-state index contributed by atoms with van der Waals surface area (Å²) in [5.41, 5.74) is 1.86. The highest BCUT2D eigenvalue weighted by Crippen LogP contribution is 2.32. The molecule has 0 saturated heterocycles. The van der Waals surface area contributed by atoms with Gasteiger partial charge in [0, 0.05) is 16.1 Å². The van der Waals surface area contributed by atoms with Gasteiger partial charge in [-0.25, -0.2) is 5.48 Å². The Kier molecular flexibility index (Phi) is 7.65. The van der Waals surface area contributed by atoms with Crippen LogP contribution in [0.1, 0.15) is 24.5 Å². The van der Waals surface area contributed by atoms with Crippen LogP contribution < -0.4 is 10.2 Å². The van der Waals surface area contributed by atoms with Gasteiger partial charge in [-0.15, -0.1) is 0 Å². The lowest BCUT2D eigenvalue weighted by Gasteiger charge is -2.25. The Morgan fingerprint density at radius 3 is 2.65 bits per heavy atom. The van der Waals surface area contributed by atoms with Crippen LogP contribution in [0, 0.1) is 0 Å². The summed E-state index contributed by atoms with van der Waals surface area (Å²) in [6.07, 6.45) is 1.85. The smallest absolute Gasteiger partial charge is 0.267 e. The van der Waals surface area contributed by atoms with E-state index in [4.69, 9.17) is 9.94 Å². The topological polar surface area (TPSA) is 99.0 Å². The lowest BCUT2D eigenvalue weighted by molar-refractivity contribution is -0.124. The number of nitrogens with one attached hydrogen (secondary N) is 1. The van der Waals surface area contributed by atoms with Gasteiger partial charge < -0.3 is 14.9 Å². The summed E-state index contributed by atoms with van der Waals surface area (Å²) in [7, 11) is 0. The number of phenolic OH excluding ortho intramolecular Hbond substituents is 1. The zero-order valence-corrected chi connectivity index (χ0v) is 15.5. The minimum Gasteiger partial charge on any atom is -0.508 e. The second-order valence-electron chi connectivity index (χ2n) is 5.57. The van der Waals surface area contributed by atoms with Crippen molar-refractivity contribution in [2.24, 2.45) is 0 Å². The normalized spacial score (nSPS) is 13.3. The number of aromatic hydroxyl groups is 1. The van der Waals surface area contributed by atoms with Gasteiger partial charge in [-0.3, -0.25) is 10.0 Å². The summed E-state index contributed by atoms with van der Waals surface area (Å²) in [4.78, 5) is 11.0. The van der Waals surface area contributed by atoms with E-state index in [1.54, 1.807) is 30.3 Å². The number of carbonyl (C=O) groups excluding carboxylic acids is 1. The van der Waals surface area contributed by atoms with Crippen LogP contribution in [0.4, 0.5) is 0 Å². The van der Waals surface area contributed by atoms with Gasteiger partial charge in [-0.05, 0) is 43.2 Å². The second kappa shape index (κ2) is 9.96. The molecule has 0 radical (unpaired) electrons. The number of amides is 1. The lowest BCUT2D eigenvalue weighted by Crippen LogP contribution is -2.25. The highest BCUT2D eigenvalue weighted by molar-refractivity contribution is 9.10. The van der Waals surface area contributed by atoms with Crippen LogP contribution in [-0.2, 0) is 4.79 Å². The lowest BCUT2D eigenvalue weighted by atomic mass is 9.99. The number of halogens is 1. The van der Waals surface area contributed by atoms with E-state index in [-0.39, 0.29) is 5.75 Å². The molecule has 0 saturated carbocycles. The maximum atomic E-state index is 11.0. The molecule has 0 spiro atoms. The van der Waals surface area contributed by atoms with E-state index in [1.807, 2.05) is 18.2 Å². The number of hydrogen-bond acceptors (Lipinski definition) is 5. The number of rotatable bonds is 8. The van der Waals surface area contributed by atoms with E-state index < -0.39 is 18.1 Å². The number of allylic oxidation sites excluding steroid dienone is 1. The Morgan fingerprint density at radius 1 is 1.23 bits per heavy atom. The molecule has 0 unspecified atom stereocenters. The summed E-state index contributed by atoms with van der Waals surface area (Å²) in [5.74, 6) is -0.0728. The molecule has 0 aromatic heterocycles. The molecule has 2 aromatic carbocycles. The number of aliphatic hydroxyl groups is 1. The van der Waals surface area contributed by atoms with Gasteiger partial charge in [0.1, 0.15) is 23.7 Å². The van der Waals surface area contributed by atoms with Crippen molar-refractivity contribution in [1.82, 2.24) is 5.48 Å². The predicted octanol–water partition coefficient (Wildman–Crippen LogP) is 3.48. The number of benzene rings is 2. The fourth-order valence-corrected chi connectivity index (χ4v) is 2.78. The van der Waals surface area contributed by atoms with Crippen molar-refractivity contribution in [3.63, 3.8) is 0 Å². The van der Waals surface area contributed by atoms with E-state index in [1.165, 1.54) is 17.6 Å². The Labute approximate surface area is 159 Å². The molecular formula is C19H20BrNO5. The van der Waals surface area contributed by atoms with Gasteiger partial charge in [0.15, 0.2) is 0 Å². The van der Waals surface area contributed by atoms with Crippen molar-refractivity contribution >= 4 is 21.8 Å². The molecule has 2 aromatic rings. The molecule has 4 N–H and O–H groups in total. The first-order chi connectivity index (χ1) is 12.5. The summed E-state index contributed by atoms with van der Waals surface area (Å²) in [6, 6.07) is 13.8. The third-order valence-corrected chi connectivity index (χ3v) is 4.18. The Balaban J connectivity index is 2.17. The third kappa shape index (κ3) is 5.87. The van der Waals surface area contributed by atoms with E-state index in [9.17, 15) is 15.0 Å². The molecule has 138 valence electrons. The molecular weight excluding hydrogens is 402 g/mol. The number of carbonyl (C=O) groups is 1. The fourth-order valence-electron chi connectivity index (χ4n) is 2.41. The molecule has 0 aliphatic rings. The standard InChI is InChI=1S/C19H20BrNO5/c20-13-10-11-16(22)15(12-13)19(24)17(8-4-5-9-18(23)21-25)26-14-6-2-1-3-7-14/h1-3,5-7,9-12,17,19,22,24-25H,4,8H2,(H,21,23)/b9-5+/t17-,19-/m0/s1. The van der Waals surface area contributed by atoms with Crippen LogP contribution in [0.15, 0.2) is 65.2 Å². The number of hydrogen-bond donors (Lipinski definition) is 4. The van der Waals surface area contributed by atoms with Crippen molar-refractivity contribution in [3.05, 3.63) is 70.7 Å². The number of ether oxygens (including phenoxy) is 1. The zero-order chi connectivity index (χ0) is 18.9. The third-order valence-electron chi connectivity index (χ3n) is 3.69. The number of phenols is 1. The second-order valence-corrected chi connectivity index (χ2v) is 6.49. The first-order valence-electron chi connectivity index (χ1n) is 8.00. The SMILES string of the molecule is O=C(/C=C/CC[C@H](Oc1ccccc1)[C@@H](O)c1cc(Br)ccc1O)NO. The quantitative estimate of drug-likeness (QED) is 0.297. The van der Waals surface area contributed by atoms with Crippen molar-refractivity contribution in [3.8, 4) is 11.5 Å². The van der Waals surface area contributed by atoms with E-state index in [0.717, 1.165) is 4.47 Å². The van der Waals surface area contributed by atoms with Crippen LogP contribution >= 0.6 is 15.9 Å². The fraction of sp³-hybridized carbons (Fsp3) is 0.211. The van der Waals surface area contributed by atoms with Crippen LogP contribution in [0.5, 0.6) is 11.5 Å². The first-order valence-corrected chi connectivity index (χ1v) is 8.79. The van der Waals surface area contributed by atoms with Gasteiger partial charge in [0.25, 0.3) is 5.91 Å². The maximum Gasteiger partial charge on any atom is 0.267 e. The van der Waals surface area contributed by atoms with Gasteiger partial charge in [-0.2, -0.15) is 0 Å². The molecule has 0 aliphatic carbocycles. The number of para-hydroxylation sites is 1. The van der Waals surface area contributed by atoms with Crippen LogP contribution in [0.2, 0.25) is 0 Å². The molecule has 6 nitrogen and oxygen atoms in total. The highest BCUT2D eigenvalue weighted by Gasteiger charge is 2.25. The molecule has 26 heavy (non-hydrogen) atoms. The highest BCUT2D eigenvalue weighted by atomic mass is 79.9. The van der Waals surface area contributed by atoms with Gasteiger partial charge in [-0.1, -0.05) is 40.2 Å². The summed E-state index contributed by atoms with van der Waals surface area (Å²) >= 11 is 3.33. The summed E-state index contributed by atoms with van der Waals surface area (Å²) < 4.78 is 6.62. The van der Waals surface area contributed by atoms with Crippen molar-refractivity contribution in [2.45, 2.75) is 25.0 Å². The molecule has 0 heterocycles. The van der Waals surface area contributed by atoms with E-state index >= 15 is 0 Å². The molecule has 2 rings (SSSR count).